The number of aromatic nitrogens is 2. The van der Waals surface area contributed by atoms with Gasteiger partial charge in [-0.05, 0) is 18.2 Å². The molecule has 0 saturated heterocycles. The Kier molecular flexibility index (Phi) is 8.13. The molecule has 11 nitrogen and oxygen atoms in total. The summed E-state index contributed by atoms with van der Waals surface area (Å²) in [6, 6.07) is 7.92. The van der Waals surface area contributed by atoms with E-state index >= 15 is 0 Å². The van der Waals surface area contributed by atoms with Crippen molar-refractivity contribution in [1.82, 2.24) is 9.13 Å². The number of anilines is 1. The second-order valence-corrected chi connectivity index (χ2v) is 7.76. The molecule has 2 aromatic carbocycles. The largest absolute Gasteiger partial charge is 0.495 e. The molecule has 1 heterocycles. The van der Waals surface area contributed by atoms with E-state index in [0.29, 0.717) is 0 Å². The van der Waals surface area contributed by atoms with E-state index in [-0.39, 0.29) is 45.6 Å². The van der Waals surface area contributed by atoms with Crippen LogP contribution in [-0.4, -0.2) is 48.0 Å². The van der Waals surface area contributed by atoms with Crippen LogP contribution in [0.4, 0.5) is 18.9 Å². The van der Waals surface area contributed by atoms with E-state index in [0.717, 1.165) is 28.4 Å². The number of hydroxylamine groups is 1. The fourth-order valence-corrected chi connectivity index (χ4v) is 3.66. The van der Waals surface area contributed by atoms with Gasteiger partial charge in [0.1, 0.15) is 23.7 Å². The molecule has 1 aromatic heterocycles. The van der Waals surface area contributed by atoms with Crippen LogP contribution < -0.4 is 31.5 Å². The Balaban J connectivity index is 2.20. The zero-order valence-corrected chi connectivity index (χ0v) is 20.1. The SMILES string of the molecule is COc1cc(OC)c(N(OC(=O)C(F)(F)F)C(=O)Cn2c(=O)n(CCN)c(=O)c3ccccc32)cc1Cl. The maximum atomic E-state index is 13.3. The maximum absolute atomic E-state index is 13.3. The zero-order valence-electron chi connectivity index (χ0n) is 19.4. The lowest BCUT2D eigenvalue weighted by atomic mass is 10.2. The minimum Gasteiger partial charge on any atom is -0.495 e. The molecule has 0 unspecified atom stereocenters. The van der Waals surface area contributed by atoms with E-state index in [4.69, 9.17) is 26.8 Å². The Morgan fingerprint density at radius 2 is 1.70 bits per heavy atom. The number of para-hydroxylation sites is 1. The van der Waals surface area contributed by atoms with Crippen molar-refractivity contribution in [3.63, 3.8) is 0 Å². The molecule has 0 radical (unpaired) electrons. The van der Waals surface area contributed by atoms with Crippen molar-refractivity contribution in [2.45, 2.75) is 19.3 Å². The number of alkyl halides is 3. The summed E-state index contributed by atoms with van der Waals surface area (Å²) in [5.41, 5.74) is 3.41. The highest BCUT2D eigenvalue weighted by Gasteiger charge is 2.44. The predicted molar refractivity (Wildman–Crippen MR) is 126 cm³/mol. The van der Waals surface area contributed by atoms with Crippen molar-refractivity contribution in [2.75, 3.05) is 25.8 Å². The molecule has 0 spiro atoms. The third kappa shape index (κ3) is 5.54. The summed E-state index contributed by atoms with van der Waals surface area (Å²) in [5, 5.41) is -0.0925. The zero-order chi connectivity index (χ0) is 27.5. The van der Waals surface area contributed by atoms with Gasteiger partial charge >= 0.3 is 17.8 Å². The summed E-state index contributed by atoms with van der Waals surface area (Å²) in [7, 11) is 2.40. The molecule has 0 atom stereocenters. The Hall–Kier alpha value is -4.04. The van der Waals surface area contributed by atoms with E-state index in [2.05, 4.69) is 4.84 Å². The number of ether oxygens (including phenoxy) is 2. The third-order valence-electron chi connectivity index (χ3n) is 5.08. The Morgan fingerprint density at radius 3 is 2.30 bits per heavy atom. The summed E-state index contributed by atoms with van der Waals surface area (Å²) >= 11 is 6.08. The summed E-state index contributed by atoms with van der Waals surface area (Å²) in [6.07, 6.45) is -5.47. The molecule has 0 aliphatic carbocycles. The lowest BCUT2D eigenvalue weighted by Crippen LogP contribution is -2.45. The Bertz CT molecular complexity index is 1470. The third-order valence-corrected chi connectivity index (χ3v) is 5.38. The van der Waals surface area contributed by atoms with Crippen molar-refractivity contribution in [3.05, 3.63) is 62.3 Å². The monoisotopic (exact) mass is 544 g/mol. The topological polar surface area (TPSA) is 135 Å². The summed E-state index contributed by atoms with van der Waals surface area (Å²) in [5.74, 6) is -4.22. The fraction of sp³-hybridized carbons (Fsp3) is 0.273. The average molecular weight is 545 g/mol. The lowest BCUT2D eigenvalue weighted by Gasteiger charge is -2.24. The Morgan fingerprint density at radius 1 is 1.05 bits per heavy atom. The molecule has 0 fully saturated rings. The number of nitrogens with zero attached hydrogens (tertiary/aromatic N) is 3. The van der Waals surface area contributed by atoms with Crippen LogP contribution in [0.5, 0.6) is 11.5 Å². The molecule has 0 saturated carbocycles. The molecule has 198 valence electrons. The highest BCUT2D eigenvalue weighted by molar-refractivity contribution is 6.32. The molecular formula is C22H20ClF3N4O7. The van der Waals surface area contributed by atoms with Gasteiger partial charge < -0.3 is 20.0 Å². The van der Waals surface area contributed by atoms with Crippen molar-refractivity contribution >= 4 is 40.1 Å². The van der Waals surface area contributed by atoms with E-state index in [1.807, 2.05) is 0 Å². The molecular weight excluding hydrogens is 525 g/mol. The van der Waals surface area contributed by atoms with E-state index in [1.165, 1.54) is 31.4 Å². The van der Waals surface area contributed by atoms with Crippen LogP contribution in [0.25, 0.3) is 10.9 Å². The quantitative estimate of drug-likeness (QED) is 0.445. The second kappa shape index (κ2) is 10.9. The minimum atomic E-state index is -5.47. The van der Waals surface area contributed by atoms with Gasteiger partial charge in [-0.25, -0.2) is 9.59 Å². The minimum absolute atomic E-state index is 0.0135. The van der Waals surface area contributed by atoms with Gasteiger partial charge in [0.15, 0.2) is 0 Å². The van der Waals surface area contributed by atoms with Crippen LogP contribution >= 0.6 is 11.6 Å². The highest BCUT2D eigenvalue weighted by Crippen LogP contribution is 2.39. The molecule has 37 heavy (non-hydrogen) atoms. The first-order valence-corrected chi connectivity index (χ1v) is 10.8. The van der Waals surface area contributed by atoms with E-state index in [9.17, 15) is 32.3 Å². The molecule has 0 bridgehead atoms. The number of carbonyl (C=O) groups excluding carboxylic acids is 2. The smallest absolute Gasteiger partial charge is 0.493 e. The number of hydrogen-bond donors (Lipinski definition) is 1. The van der Waals surface area contributed by atoms with Crippen LogP contribution in [0, 0.1) is 0 Å². The van der Waals surface area contributed by atoms with Gasteiger partial charge in [-0.1, -0.05) is 23.7 Å². The maximum Gasteiger partial charge on any atom is 0.493 e. The average Bonchev–Trinajstić information content (AvgIpc) is 2.86. The van der Waals surface area contributed by atoms with E-state index < -0.39 is 41.5 Å². The number of hydrogen-bond acceptors (Lipinski definition) is 8. The fourth-order valence-electron chi connectivity index (χ4n) is 3.42. The number of fused-ring (bicyclic) bond motifs is 1. The number of amides is 1. The van der Waals surface area contributed by atoms with Gasteiger partial charge in [0.05, 0.1) is 30.1 Å². The molecule has 0 aliphatic heterocycles. The van der Waals surface area contributed by atoms with Gasteiger partial charge in [0.25, 0.3) is 11.5 Å². The molecule has 3 rings (SSSR count). The number of rotatable bonds is 7. The first kappa shape index (κ1) is 27.5. The van der Waals surface area contributed by atoms with Crippen LogP contribution in [0.3, 0.4) is 0 Å². The van der Waals surface area contributed by atoms with Gasteiger partial charge in [-0.15, -0.1) is 5.06 Å². The van der Waals surface area contributed by atoms with Crippen LogP contribution in [0.1, 0.15) is 0 Å². The highest BCUT2D eigenvalue weighted by atomic mass is 35.5. The number of halogens is 4. The molecule has 2 N–H and O–H groups in total. The number of methoxy groups -OCH3 is 2. The predicted octanol–water partition coefficient (Wildman–Crippen LogP) is 1.85. The number of nitrogens with two attached hydrogens (primary N) is 1. The number of carbonyl (C=O) groups is 2. The van der Waals surface area contributed by atoms with Crippen LogP contribution in [-0.2, 0) is 27.5 Å². The van der Waals surface area contributed by atoms with Gasteiger partial charge in [0.2, 0.25) is 0 Å². The number of benzene rings is 2. The van der Waals surface area contributed by atoms with Gasteiger partial charge in [-0.2, -0.15) is 13.2 Å². The van der Waals surface area contributed by atoms with Crippen molar-refractivity contribution in [1.29, 1.82) is 0 Å². The standard InChI is InChI=1S/C22H20ClF3N4O7/c1-35-16-10-17(36-2)15(9-13(16)23)30(37-20(33)22(24,25)26)18(31)11-29-14-6-4-3-5-12(14)19(32)28(8-7-27)21(29)34/h3-6,9-10H,7-8,11,27H2,1-2H3. The first-order chi connectivity index (χ1) is 17.4. The molecule has 15 heteroatoms. The first-order valence-electron chi connectivity index (χ1n) is 10.4. The Labute approximate surface area is 211 Å². The van der Waals surface area contributed by atoms with Gasteiger partial charge in [0, 0.05) is 19.2 Å². The lowest BCUT2D eigenvalue weighted by molar-refractivity contribution is -0.201. The van der Waals surface area contributed by atoms with E-state index in [1.54, 1.807) is 0 Å². The normalized spacial score (nSPS) is 11.3. The summed E-state index contributed by atoms with van der Waals surface area (Å²) < 4.78 is 51.0. The van der Waals surface area contributed by atoms with Crippen molar-refractivity contribution in [2.24, 2.45) is 5.73 Å². The van der Waals surface area contributed by atoms with Crippen LogP contribution in [0.2, 0.25) is 5.02 Å². The molecule has 1 amide bonds. The van der Waals surface area contributed by atoms with Crippen molar-refractivity contribution < 1.29 is 37.1 Å². The van der Waals surface area contributed by atoms with Crippen molar-refractivity contribution in [3.8, 4) is 11.5 Å². The van der Waals surface area contributed by atoms with Gasteiger partial charge in [-0.3, -0.25) is 18.7 Å². The van der Waals surface area contributed by atoms with Crippen LogP contribution in [0.15, 0.2) is 46.0 Å². The second-order valence-electron chi connectivity index (χ2n) is 7.35. The molecule has 0 aliphatic rings. The molecule has 3 aromatic rings. The summed E-state index contributed by atoms with van der Waals surface area (Å²) in [4.78, 5) is 55.3. The summed E-state index contributed by atoms with van der Waals surface area (Å²) in [6.45, 7) is -1.22.